The fourth-order valence-electron chi connectivity index (χ4n) is 2.05. The first kappa shape index (κ1) is 14.9. The van der Waals surface area contributed by atoms with E-state index in [9.17, 15) is 4.79 Å². The van der Waals surface area contributed by atoms with E-state index in [0.29, 0.717) is 34.7 Å². The van der Waals surface area contributed by atoms with Crippen LogP contribution < -0.4 is 10.1 Å². The molecule has 0 saturated carbocycles. The van der Waals surface area contributed by atoms with Gasteiger partial charge in [0.25, 0.3) is 0 Å². The maximum absolute atomic E-state index is 12.0. The molecule has 0 aliphatic carbocycles. The third kappa shape index (κ3) is 3.61. The number of aromatic nitrogens is 1. The van der Waals surface area contributed by atoms with Crippen molar-refractivity contribution in [3.63, 3.8) is 0 Å². The van der Waals surface area contributed by atoms with E-state index in [1.807, 2.05) is 0 Å². The first-order valence-corrected chi connectivity index (χ1v) is 7.45. The summed E-state index contributed by atoms with van der Waals surface area (Å²) in [6, 6.07) is 10.3. The second-order valence-corrected chi connectivity index (χ2v) is 5.77. The fourth-order valence-corrected chi connectivity index (χ4v) is 2.35. The summed E-state index contributed by atoms with van der Waals surface area (Å²) in [5.41, 5.74) is 0.668. The highest BCUT2D eigenvalue weighted by Gasteiger charge is 2.32. The quantitative estimate of drug-likeness (QED) is 0.929. The van der Waals surface area contributed by atoms with Crippen LogP contribution in [-0.4, -0.2) is 35.1 Å². The van der Waals surface area contributed by atoms with Gasteiger partial charge in [-0.1, -0.05) is 29.3 Å². The van der Waals surface area contributed by atoms with Crippen molar-refractivity contribution < 1.29 is 9.53 Å². The largest absolute Gasteiger partial charge is 0.471 e. The van der Waals surface area contributed by atoms with Crippen LogP contribution in [0.15, 0.2) is 42.6 Å². The lowest BCUT2D eigenvalue weighted by atomic mass is 10.2. The normalized spacial score (nSPS) is 14.4. The van der Waals surface area contributed by atoms with E-state index in [2.05, 4.69) is 10.3 Å². The summed E-state index contributed by atoms with van der Waals surface area (Å²) in [7, 11) is 0. The minimum absolute atomic E-state index is 0.0567. The number of likely N-dealkylation sites (tertiary alicyclic amines) is 1. The summed E-state index contributed by atoms with van der Waals surface area (Å²) in [6.07, 6.45) is 1.47. The van der Waals surface area contributed by atoms with Crippen molar-refractivity contribution in [3.05, 3.63) is 52.6 Å². The number of ether oxygens (including phenoxy) is 1. The van der Waals surface area contributed by atoms with E-state index < -0.39 is 0 Å². The van der Waals surface area contributed by atoms with Gasteiger partial charge in [0.2, 0.25) is 5.88 Å². The highest BCUT2D eigenvalue weighted by Crippen LogP contribution is 2.20. The van der Waals surface area contributed by atoms with Gasteiger partial charge in [0.1, 0.15) is 6.10 Å². The van der Waals surface area contributed by atoms with E-state index in [1.54, 1.807) is 41.3 Å². The summed E-state index contributed by atoms with van der Waals surface area (Å²) < 4.78 is 5.64. The Morgan fingerprint density at radius 2 is 2.05 bits per heavy atom. The lowest BCUT2D eigenvalue weighted by Gasteiger charge is -2.38. The molecule has 1 aliphatic heterocycles. The van der Waals surface area contributed by atoms with Gasteiger partial charge in [0.15, 0.2) is 0 Å². The van der Waals surface area contributed by atoms with Gasteiger partial charge in [-0.25, -0.2) is 9.78 Å². The lowest BCUT2D eigenvalue weighted by Crippen LogP contribution is -2.57. The molecule has 0 unspecified atom stereocenters. The number of nitrogens with one attached hydrogen (secondary N) is 1. The van der Waals surface area contributed by atoms with Crippen LogP contribution in [-0.2, 0) is 0 Å². The van der Waals surface area contributed by atoms with Crippen LogP contribution in [0.3, 0.4) is 0 Å². The van der Waals surface area contributed by atoms with E-state index in [4.69, 9.17) is 27.9 Å². The van der Waals surface area contributed by atoms with Crippen molar-refractivity contribution in [3.8, 4) is 5.88 Å². The maximum Gasteiger partial charge on any atom is 0.322 e. The van der Waals surface area contributed by atoms with Crippen molar-refractivity contribution in [1.82, 2.24) is 9.88 Å². The summed E-state index contributed by atoms with van der Waals surface area (Å²) in [5.74, 6) is 0.504. The molecule has 114 valence electrons. The second-order valence-electron chi connectivity index (χ2n) is 4.90. The molecule has 1 aliphatic rings. The summed E-state index contributed by atoms with van der Waals surface area (Å²) in [6.45, 7) is 1.02. The summed E-state index contributed by atoms with van der Waals surface area (Å²) in [4.78, 5) is 17.7. The number of urea groups is 1. The average molecular weight is 338 g/mol. The van der Waals surface area contributed by atoms with Crippen molar-refractivity contribution in [2.45, 2.75) is 6.10 Å². The molecule has 2 heterocycles. The number of hydrogen-bond donors (Lipinski definition) is 1. The highest BCUT2D eigenvalue weighted by molar-refractivity contribution is 6.31. The van der Waals surface area contributed by atoms with Crippen LogP contribution in [0.4, 0.5) is 10.5 Å². The number of hydrogen-bond acceptors (Lipinski definition) is 3. The van der Waals surface area contributed by atoms with Crippen molar-refractivity contribution in [1.29, 1.82) is 0 Å². The number of anilines is 1. The Balaban J connectivity index is 1.48. The van der Waals surface area contributed by atoms with Crippen LogP contribution >= 0.6 is 23.2 Å². The third-order valence-electron chi connectivity index (χ3n) is 3.20. The molecular weight excluding hydrogens is 325 g/mol. The number of benzene rings is 1. The fraction of sp³-hybridized carbons (Fsp3) is 0.200. The van der Waals surface area contributed by atoms with E-state index in [-0.39, 0.29) is 12.1 Å². The van der Waals surface area contributed by atoms with Crippen molar-refractivity contribution in [2.75, 3.05) is 18.4 Å². The number of carbonyl (C=O) groups excluding carboxylic acids is 1. The zero-order chi connectivity index (χ0) is 15.5. The molecule has 1 aromatic heterocycles. The molecule has 0 radical (unpaired) electrons. The number of carbonyl (C=O) groups is 1. The Morgan fingerprint density at radius 1 is 1.23 bits per heavy atom. The highest BCUT2D eigenvalue weighted by atomic mass is 35.5. The van der Waals surface area contributed by atoms with E-state index >= 15 is 0 Å². The number of nitrogens with zero attached hydrogens (tertiary/aromatic N) is 2. The van der Waals surface area contributed by atoms with Crippen LogP contribution in [0, 0.1) is 0 Å². The van der Waals surface area contributed by atoms with Gasteiger partial charge in [-0.15, -0.1) is 0 Å². The number of pyridine rings is 1. The molecule has 7 heteroatoms. The first-order chi connectivity index (χ1) is 10.6. The Labute approximate surface area is 137 Å². The SMILES string of the molecule is O=C(Nc1cccc(Cl)c1)N1CC(Oc2ccc(Cl)cn2)C1. The van der Waals surface area contributed by atoms with Crippen LogP contribution in [0.25, 0.3) is 0 Å². The standard InChI is InChI=1S/C15H13Cl2N3O2/c16-10-2-1-3-12(6-10)19-15(21)20-8-13(9-20)22-14-5-4-11(17)7-18-14/h1-7,13H,8-9H2,(H,19,21). The molecule has 0 bridgehead atoms. The zero-order valence-electron chi connectivity index (χ0n) is 11.5. The number of halogens is 2. The third-order valence-corrected chi connectivity index (χ3v) is 3.66. The molecule has 22 heavy (non-hydrogen) atoms. The second kappa shape index (κ2) is 6.42. The van der Waals surface area contributed by atoms with Gasteiger partial charge < -0.3 is 15.0 Å². The Bertz CT molecular complexity index is 673. The van der Waals surface area contributed by atoms with Crippen LogP contribution in [0.5, 0.6) is 5.88 Å². The molecule has 5 nitrogen and oxygen atoms in total. The topological polar surface area (TPSA) is 54.5 Å². The zero-order valence-corrected chi connectivity index (χ0v) is 13.0. The van der Waals surface area contributed by atoms with E-state index in [1.165, 1.54) is 6.20 Å². The van der Waals surface area contributed by atoms with Gasteiger partial charge >= 0.3 is 6.03 Å². The lowest BCUT2D eigenvalue weighted by molar-refractivity contribution is 0.0461. The summed E-state index contributed by atoms with van der Waals surface area (Å²) >= 11 is 11.6. The Hall–Kier alpha value is -1.98. The van der Waals surface area contributed by atoms with Gasteiger partial charge in [0.05, 0.1) is 18.1 Å². The number of amides is 2. The molecule has 1 N–H and O–H groups in total. The molecule has 1 saturated heterocycles. The predicted molar refractivity (Wildman–Crippen MR) is 85.7 cm³/mol. The molecule has 0 spiro atoms. The van der Waals surface area contributed by atoms with Gasteiger partial charge in [-0.2, -0.15) is 0 Å². The first-order valence-electron chi connectivity index (χ1n) is 6.70. The minimum Gasteiger partial charge on any atom is -0.471 e. The van der Waals surface area contributed by atoms with Crippen molar-refractivity contribution >= 4 is 34.9 Å². The Morgan fingerprint density at radius 3 is 2.73 bits per heavy atom. The molecule has 3 rings (SSSR count). The van der Waals surface area contributed by atoms with Gasteiger partial charge in [-0.05, 0) is 24.3 Å². The monoisotopic (exact) mass is 337 g/mol. The van der Waals surface area contributed by atoms with Crippen LogP contribution in [0.2, 0.25) is 10.0 Å². The predicted octanol–water partition coefficient (Wildman–Crippen LogP) is 3.68. The van der Waals surface area contributed by atoms with E-state index in [0.717, 1.165) is 0 Å². The minimum atomic E-state index is -0.175. The molecule has 0 atom stereocenters. The van der Waals surface area contributed by atoms with Crippen LogP contribution in [0.1, 0.15) is 0 Å². The van der Waals surface area contributed by atoms with Gasteiger partial charge in [0, 0.05) is 23.0 Å². The smallest absolute Gasteiger partial charge is 0.322 e. The molecular formula is C15H13Cl2N3O2. The Kier molecular flexibility index (Phi) is 4.36. The molecule has 2 aromatic rings. The number of rotatable bonds is 3. The maximum atomic E-state index is 12.0. The van der Waals surface area contributed by atoms with Crippen molar-refractivity contribution in [2.24, 2.45) is 0 Å². The van der Waals surface area contributed by atoms with Gasteiger partial charge in [-0.3, -0.25) is 0 Å². The summed E-state index contributed by atoms with van der Waals surface area (Å²) in [5, 5.41) is 3.93. The molecule has 2 amide bonds. The molecule has 1 aromatic carbocycles. The average Bonchev–Trinajstić information content (AvgIpc) is 2.44. The molecule has 1 fully saturated rings.